The standard InChI is InChI=1S/C11H20ClNO/c1-9-3-5-10(6-4-9)13(2)11(14)7-8-12/h9-10H,3-8H2,1-2H3. The summed E-state index contributed by atoms with van der Waals surface area (Å²) in [5.74, 6) is 1.47. The molecule has 0 bridgehead atoms. The van der Waals surface area contributed by atoms with Crippen molar-refractivity contribution in [1.82, 2.24) is 4.90 Å². The Morgan fingerprint density at radius 1 is 1.36 bits per heavy atom. The smallest absolute Gasteiger partial charge is 0.223 e. The number of carbonyl (C=O) groups excluding carboxylic acids is 1. The summed E-state index contributed by atoms with van der Waals surface area (Å²) in [5.41, 5.74) is 0. The number of hydrogen-bond acceptors (Lipinski definition) is 1. The van der Waals surface area contributed by atoms with Crippen molar-refractivity contribution in [3.63, 3.8) is 0 Å². The van der Waals surface area contributed by atoms with Gasteiger partial charge in [0.15, 0.2) is 0 Å². The van der Waals surface area contributed by atoms with E-state index in [2.05, 4.69) is 6.92 Å². The van der Waals surface area contributed by atoms with Crippen LogP contribution in [-0.4, -0.2) is 29.8 Å². The molecule has 0 aromatic rings. The first-order chi connectivity index (χ1) is 6.65. The molecule has 1 aliphatic rings. The second kappa shape index (κ2) is 5.59. The molecule has 0 heterocycles. The molecule has 1 fully saturated rings. The molecule has 0 atom stereocenters. The Kier molecular flexibility index (Phi) is 4.73. The van der Waals surface area contributed by atoms with E-state index in [0.29, 0.717) is 18.3 Å². The first-order valence-electron chi connectivity index (χ1n) is 5.46. The van der Waals surface area contributed by atoms with Crippen molar-refractivity contribution in [3.05, 3.63) is 0 Å². The van der Waals surface area contributed by atoms with E-state index in [1.807, 2.05) is 11.9 Å². The molecule has 2 nitrogen and oxygen atoms in total. The predicted molar refractivity (Wildman–Crippen MR) is 59.5 cm³/mol. The van der Waals surface area contributed by atoms with Gasteiger partial charge in [0.05, 0.1) is 0 Å². The van der Waals surface area contributed by atoms with E-state index in [4.69, 9.17) is 11.6 Å². The van der Waals surface area contributed by atoms with Gasteiger partial charge in [0.2, 0.25) is 5.91 Å². The van der Waals surface area contributed by atoms with Crippen LogP contribution in [0.1, 0.15) is 39.0 Å². The van der Waals surface area contributed by atoms with Crippen molar-refractivity contribution >= 4 is 17.5 Å². The van der Waals surface area contributed by atoms with Gasteiger partial charge in [-0.05, 0) is 31.6 Å². The Morgan fingerprint density at radius 2 is 1.93 bits per heavy atom. The van der Waals surface area contributed by atoms with Gasteiger partial charge in [-0.3, -0.25) is 4.79 Å². The zero-order valence-electron chi connectivity index (χ0n) is 9.13. The number of amides is 1. The molecule has 0 spiro atoms. The highest BCUT2D eigenvalue weighted by molar-refractivity contribution is 6.18. The van der Waals surface area contributed by atoms with E-state index in [1.54, 1.807) is 0 Å². The Balaban J connectivity index is 2.37. The molecule has 0 radical (unpaired) electrons. The largest absolute Gasteiger partial charge is 0.343 e. The summed E-state index contributed by atoms with van der Waals surface area (Å²) < 4.78 is 0. The van der Waals surface area contributed by atoms with E-state index in [1.165, 1.54) is 12.8 Å². The maximum Gasteiger partial charge on any atom is 0.223 e. The molecule has 1 amide bonds. The van der Waals surface area contributed by atoms with Crippen molar-refractivity contribution in [2.75, 3.05) is 12.9 Å². The summed E-state index contributed by atoms with van der Waals surface area (Å²) in [7, 11) is 1.91. The molecule has 1 rings (SSSR count). The molecule has 0 unspecified atom stereocenters. The van der Waals surface area contributed by atoms with Gasteiger partial charge < -0.3 is 4.90 Å². The van der Waals surface area contributed by atoms with Gasteiger partial charge >= 0.3 is 0 Å². The van der Waals surface area contributed by atoms with Crippen LogP contribution in [0.5, 0.6) is 0 Å². The third-order valence-electron chi connectivity index (χ3n) is 3.23. The Labute approximate surface area is 91.6 Å². The summed E-state index contributed by atoms with van der Waals surface area (Å²) >= 11 is 5.56. The minimum absolute atomic E-state index is 0.194. The normalized spacial score (nSPS) is 27.4. The zero-order valence-corrected chi connectivity index (χ0v) is 9.89. The second-order valence-electron chi connectivity index (χ2n) is 4.36. The quantitative estimate of drug-likeness (QED) is 0.666. The molecule has 1 saturated carbocycles. The van der Waals surface area contributed by atoms with Crippen molar-refractivity contribution in [2.24, 2.45) is 5.92 Å². The summed E-state index contributed by atoms with van der Waals surface area (Å²) in [4.78, 5) is 13.5. The molecule has 82 valence electrons. The van der Waals surface area contributed by atoms with Crippen molar-refractivity contribution in [3.8, 4) is 0 Å². The first kappa shape index (κ1) is 11.8. The second-order valence-corrected chi connectivity index (χ2v) is 4.74. The van der Waals surface area contributed by atoms with Gasteiger partial charge in [0, 0.05) is 25.4 Å². The van der Waals surface area contributed by atoms with E-state index in [9.17, 15) is 4.79 Å². The fourth-order valence-corrected chi connectivity index (χ4v) is 2.25. The molecule has 0 aliphatic heterocycles. The minimum atomic E-state index is 0.194. The lowest BCUT2D eigenvalue weighted by Gasteiger charge is -2.33. The molecule has 14 heavy (non-hydrogen) atoms. The van der Waals surface area contributed by atoms with Gasteiger partial charge in [0.1, 0.15) is 0 Å². The maximum absolute atomic E-state index is 11.6. The molecule has 0 aromatic carbocycles. The van der Waals surface area contributed by atoms with Crippen LogP contribution in [0.4, 0.5) is 0 Å². The molecule has 0 N–H and O–H groups in total. The van der Waals surface area contributed by atoms with Gasteiger partial charge in [-0.1, -0.05) is 6.92 Å². The molecule has 3 heteroatoms. The maximum atomic E-state index is 11.6. The Bertz CT molecular complexity index is 188. The third kappa shape index (κ3) is 3.16. The topological polar surface area (TPSA) is 20.3 Å². The monoisotopic (exact) mass is 217 g/mol. The van der Waals surface area contributed by atoms with Crippen molar-refractivity contribution in [2.45, 2.75) is 45.1 Å². The Morgan fingerprint density at radius 3 is 2.43 bits per heavy atom. The number of nitrogens with zero attached hydrogens (tertiary/aromatic N) is 1. The molecule has 0 aromatic heterocycles. The molecular formula is C11H20ClNO. The fraction of sp³-hybridized carbons (Fsp3) is 0.909. The van der Waals surface area contributed by atoms with E-state index < -0.39 is 0 Å². The molecule has 1 aliphatic carbocycles. The van der Waals surface area contributed by atoms with Crippen LogP contribution >= 0.6 is 11.6 Å². The number of rotatable bonds is 3. The molecule has 0 saturated heterocycles. The lowest BCUT2D eigenvalue weighted by Crippen LogP contribution is -2.39. The fourth-order valence-electron chi connectivity index (χ4n) is 2.09. The predicted octanol–water partition coefficient (Wildman–Crippen LogP) is 2.65. The zero-order chi connectivity index (χ0) is 10.6. The van der Waals surface area contributed by atoms with Crippen LogP contribution in [0.25, 0.3) is 0 Å². The van der Waals surface area contributed by atoms with Crippen LogP contribution in [-0.2, 0) is 4.79 Å². The summed E-state index contributed by atoms with van der Waals surface area (Å²) in [6.45, 7) is 2.29. The van der Waals surface area contributed by atoms with Crippen LogP contribution < -0.4 is 0 Å². The van der Waals surface area contributed by atoms with E-state index >= 15 is 0 Å². The lowest BCUT2D eigenvalue weighted by atomic mass is 9.87. The third-order valence-corrected chi connectivity index (χ3v) is 3.42. The van der Waals surface area contributed by atoms with Crippen LogP contribution in [0.15, 0.2) is 0 Å². The van der Waals surface area contributed by atoms with Crippen LogP contribution in [0, 0.1) is 5.92 Å². The Hall–Kier alpha value is -0.240. The SMILES string of the molecule is CC1CCC(N(C)C(=O)CCCl)CC1. The number of alkyl halides is 1. The van der Waals surface area contributed by atoms with Crippen LogP contribution in [0.3, 0.4) is 0 Å². The average Bonchev–Trinajstić information content (AvgIpc) is 2.18. The van der Waals surface area contributed by atoms with Gasteiger partial charge in [-0.15, -0.1) is 11.6 Å². The first-order valence-corrected chi connectivity index (χ1v) is 6.00. The highest BCUT2D eigenvalue weighted by Gasteiger charge is 2.24. The summed E-state index contributed by atoms with van der Waals surface area (Å²) in [6, 6.07) is 0.460. The van der Waals surface area contributed by atoms with E-state index in [-0.39, 0.29) is 5.91 Å². The average molecular weight is 218 g/mol. The van der Waals surface area contributed by atoms with E-state index in [0.717, 1.165) is 18.8 Å². The highest BCUT2D eigenvalue weighted by Crippen LogP contribution is 2.26. The van der Waals surface area contributed by atoms with Crippen molar-refractivity contribution < 1.29 is 4.79 Å². The number of hydrogen-bond donors (Lipinski definition) is 0. The van der Waals surface area contributed by atoms with Gasteiger partial charge in [-0.2, -0.15) is 0 Å². The van der Waals surface area contributed by atoms with Gasteiger partial charge in [-0.25, -0.2) is 0 Å². The summed E-state index contributed by atoms with van der Waals surface area (Å²) in [5, 5.41) is 0. The van der Waals surface area contributed by atoms with Crippen LogP contribution in [0.2, 0.25) is 0 Å². The highest BCUT2D eigenvalue weighted by atomic mass is 35.5. The number of halogens is 1. The van der Waals surface area contributed by atoms with Gasteiger partial charge in [0.25, 0.3) is 0 Å². The molecular weight excluding hydrogens is 198 g/mol. The summed E-state index contributed by atoms with van der Waals surface area (Å²) in [6.07, 6.45) is 5.30. The lowest BCUT2D eigenvalue weighted by molar-refractivity contribution is -0.132. The number of carbonyl (C=O) groups is 1. The van der Waals surface area contributed by atoms with Crippen molar-refractivity contribution in [1.29, 1.82) is 0 Å². The minimum Gasteiger partial charge on any atom is -0.343 e.